The van der Waals surface area contributed by atoms with Crippen molar-refractivity contribution in [1.29, 1.82) is 0 Å². The molecule has 0 bridgehead atoms. The first-order chi connectivity index (χ1) is 9.65. The Labute approximate surface area is 126 Å². The lowest BCUT2D eigenvalue weighted by molar-refractivity contribution is 0.230. The van der Waals surface area contributed by atoms with Crippen LogP contribution in [0.2, 0.25) is 0 Å². The third-order valence-corrected chi connectivity index (χ3v) is 2.96. The van der Waals surface area contributed by atoms with Gasteiger partial charge in [-0.25, -0.2) is 4.79 Å². The summed E-state index contributed by atoms with van der Waals surface area (Å²) in [6, 6.07) is -1.06. The Morgan fingerprint density at radius 1 is 1.29 bits per heavy atom. The number of nitrogens with one attached hydrogen (secondary N) is 2. The number of hydrogen-bond acceptors (Lipinski definition) is 4. The fraction of sp³-hybridized carbons (Fsp3) is 0.667. The van der Waals surface area contributed by atoms with Crippen molar-refractivity contribution < 1.29 is 9.32 Å². The van der Waals surface area contributed by atoms with Crippen LogP contribution in [0.15, 0.2) is 4.52 Å². The van der Waals surface area contributed by atoms with Crippen molar-refractivity contribution in [2.45, 2.75) is 59.0 Å². The van der Waals surface area contributed by atoms with Crippen molar-refractivity contribution >= 4 is 6.03 Å². The summed E-state index contributed by atoms with van der Waals surface area (Å²) < 4.78 is 5.19. The maximum atomic E-state index is 11.9. The fourth-order valence-electron chi connectivity index (χ4n) is 1.56. The minimum Gasteiger partial charge on any atom is -0.337 e. The van der Waals surface area contributed by atoms with Crippen molar-refractivity contribution in [3.05, 3.63) is 11.7 Å². The molecule has 0 fully saturated rings. The summed E-state index contributed by atoms with van der Waals surface area (Å²) in [7, 11) is 0. The molecular weight excluding hydrogens is 268 g/mol. The van der Waals surface area contributed by atoms with Gasteiger partial charge in [0.05, 0.1) is 6.04 Å². The van der Waals surface area contributed by atoms with Gasteiger partial charge < -0.3 is 15.2 Å². The van der Waals surface area contributed by atoms with Crippen LogP contribution < -0.4 is 10.6 Å². The van der Waals surface area contributed by atoms with Gasteiger partial charge in [0.15, 0.2) is 5.82 Å². The van der Waals surface area contributed by atoms with Crippen LogP contribution in [0.4, 0.5) is 4.79 Å². The molecule has 1 heterocycles. The topological polar surface area (TPSA) is 80.0 Å². The van der Waals surface area contributed by atoms with E-state index in [0.29, 0.717) is 11.7 Å². The molecule has 0 aromatic carbocycles. The standard InChI is InChI=1S/C15H24N4O2/c1-8-11(9(2)3)17-14(20)16-10(4)12-18-13(19-21-12)15(5,6)7/h1,9-11H,2-7H3,(H2,16,17,20)/t10-,11+/m0/s1. The number of terminal acetylenes is 1. The summed E-state index contributed by atoms with van der Waals surface area (Å²) in [5.74, 6) is 3.68. The van der Waals surface area contributed by atoms with E-state index in [9.17, 15) is 4.79 Å². The van der Waals surface area contributed by atoms with Gasteiger partial charge in [-0.2, -0.15) is 4.98 Å². The number of carbonyl (C=O) groups is 1. The Balaban J connectivity index is 2.65. The van der Waals surface area contributed by atoms with Gasteiger partial charge in [0, 0.05) is 5.41 Å². The third-order valence-electron chi connectivity index (χ3n) is 2.96. The number of urea groups is 1. The molecule has 6 nitrogen and oxygen atoms in total. The molecular formula is C15H24N4O2. The van der Waals surface area contributed by atoms with Gasteiger partial charge in [0.2, 0.25) is 5.89 Å². The normalized spacial score (nSPS) is 14.4. The Morgan fingerprint density at radius 3 is 2.33 bits per heavy atom. The second-order valence-corrected chi connectivity index (χ2v) is 6.43. The molecule has 6 heteroatoms. The van der Waals surface area contributed by atoms with Crippen LogP contribution in [0.25, 0.3) is 0 Å². The molecule has 0 aliphatic carbocycles. The molecule has 2 amide bonds. The van der Waals surface area contributed by atoms with Gasteiger partial charge in [0.25, 0.3) is 0 Å². The smallest absolute Gasteiger partial charge is 0.316 e. The van der Waals surface area contributed by atoms with Gasteiger partial charge in [-0.1, -0.05) is 45.7 Å². The van der Waals surface area contributed by atoms with E-state index in [-0.39, 0.29) is 29.4 Å². The second kappa shape index (κ2) is 6.61. The average molecular weight is 292 g/mol. The summed E-state index contributed by atoms with van der Waals surface area (Å²) in [5.41, 5.74) is -0.198. The van der Waals surface area contributed by atoms with E-state index in [4.69, 9.17) is 10.9 Å². The number of nitrogens with zero attached hydrogens (tertiary/aromatic N) is 2. The van der Waals surface area contributed by atoms with Crippen LogP contribution in [0.5, 0.6) is 0 Å². The molecule has 0 saturated carbocycles. The first kappa shape index (κ1) is 17.0. The van der Waals surface area contributed by atoms with Crippen LogP contribution in [-0.4, -0.2) is 22.2 Å². The Hall–Kier alpha value is -2.03. The van der Waals surface area contributed by atoms with Gasteiger partial charge in [-0.15, -0.1) is 6.42 Å². The van der Waals surface area contributed by atoms with Crippen LogP contribution in [0.1, 0.15) is 59.3 Å². The zero-order valence-electron chi connectivity index (χ0n) is 13.5. The second-order valence-electron chi connectivity index (χ2n) is 6.43. The SMILES string of the molecule is C#C[C@@H](NC(=O)N[C@@H](C)c1nc(C(C)(C)C)no1)C(C)C. The van der Waals surface area contributed by atoms with Crippen molar-refractivity contribution in [1.82, 2.24) is 20.8 Å². The summed E-state index contributed by atoms with van der Waals surface area (Å²) in [5, 5.41) is 9.40. The molecule has 0 radical (unpaired) electrons. The van der Waals surface area contributed by atoms with E-state index < -0.39 is 0 Å². The molecule has 2 N–H and O–H groups in total. The molecule has 1 aromatic heterocycles. The number of carbonyl (C=O) groups excluding carboxylic acids is 1. The van der Waals surface area contributed by atoms with Crippen molar-refractivity contribution in [2.24, 2.45) is 5.92 Å². The van der Waals surface area contributed by atoms with E-state index >= 15 is 0 Å². The Bertz CT molecular complexity index is 523. The van der Waals surface area contributed by atoms with Crippen LogP contribution in [-0.2, 0) is 5.41 Å². The highest BCUT2D eigenvalue weighted by atomic mass is 16.5. The summed E-state index contributed by atoms with van der Waals surface area (Å²) in [6.45, 7) is 11.6. The zero-order valence-corrected chi connectivity index (χ0v) is 13.5. The highest BCUT2D eigenvalue weighted by Crippen LogP contribution is 2.20. The van der Waals surface area contributed by atoms with E-state index in [1.807, 2.05) is 34.6 Å². The largest absolute Gasteiger partial charge is 0.337 e. The molecule has 0 aliphatic heterocycles. The number of amides is 2. The molecule has 116 valence electrons. The molecule has 2 atom stereocenters. The quantitative estimate of drug-likeness (QED) is 0.835. The lowest BCUT2D eigenvalue weighted by atomic mass is 9.96. The van der Waals surface area contributed by atoms with Gasteiger partial charge in [0.1, 0.15) is 6.04 Å². The van der Waals surface area contributed by atoms with E-state index in [1.54, 1.807) is 6.92 Å². The van der Waals surface area contributed by atoms with Crippen LogP contribution in [0, 0.1) is 18.3 Å². The first-order valence-electron chi connectivity index (χ1n) is 7.02. The van der Waals surface area contributed by atoms with Crippen LogP contribution in [0.3, 0.4) is 0 Å². The highest BCUT2D eigenvalue weighted by Gasteiger charge is 2.24. The lowest BCUT2D eigenvalue weighted by Crippen LogP contribution is -2.44. The van der Waals surface area contributed by atoms with Crippen molar-refractivity contribution in [2.75, 3.05) is 0 Å². The first-order valence-corrected chi connectivity index (χ1v) is 7.02. The van der Waals surface area contributed by atoms with E-state index in [0.717, 1.165) is 0 Å². The molecule has 1 rings (SSSR count). The fourth-order valence-corrected chi connectivity index (χ4v) is 1.56. The maximum Gasteiger partial charge on any atom is 0.316 e. The molecule has 0 aliphatic rings. The van der Waals surface area contributed by atoms with Crippen LogP contribution >= 0.6 is 0 Å². The molecule has 0 unspecified atom stereocenters. The van der Waals surface area contributed by atoms with E-state index in [2.05, 4.69) is 26.7 Å². The third kappa shape index (κ3) is 4.78. The van der Waals surface area contributed by atoms with Crippen molar-refractivity contribution in [3.63, 3.8) is 0 Å². The maximum absolute atomic E-state index is 11.9. The number of rotatable bonds is 4. The Kier molecular flexibility index (Phi) is 5.36. The van der Waals surface area contributed by atoms with Gasteiger partial charge in [-0.05, 0) is 12.8 Å². The van der Waals surface area contributed by atoms with Crippen molar-refractivity contribution in [3.8, 4) is 12.3 Å². The van der Waals surface area contributed by atoms with E-state index in [1.165, 1.54) is 0 Å². The molecule has 21 heavy (non-hydrogen) atoms. The average Bonchev–Trinajstić information content (AvgIpc) is 2.84. The monoisotopic (exact) mass is 292 g/mol. The predicted octanol–water partition coefficient (Wildman–Crippen LogP) is 2.39. The Morgan fingerprint density at radius 2 is 1.90 bits per heavy atom. The minimum absolute atomic E-state index is 0.159. The number of hydrogen-bond donors (Lipinski definition) is 2. The molecule has 0 saturated heterocycles. The summed E-state index contributed by atoms with van der Waals surface area (Å²) >= 11 is 0. The predicted molar refractivity (Wildman–Crippen MR) is 80.5 cm³/mol. The molecule has 0 spiro atoms. The summed E-state index contributed by atoms with van der Waals surface area (Å²) in [4.78, 5) is 16.2. The molecule has 1 aromatic rings. The summed E-state index contributed by atoms with van der Waals surface area (Å²) in [6.07, 6.45) is 5.38. The lowest BCUT2D eigenvalue weighted by Gasteiger charge is -2.18. The zero-order chi connectivity index (χ0) is 16.2. The van der Waals surface area contributed by atoms with Gasteiger partial charge in [-0.3, -0.25) is 0 Å². The minimum atomic E-state index is -0.390. The highest BCUT2D eigenvalue weighted by molar-refractivity contribution is 5.75. The van der Waals surface area contributed by atoms with Gasteiger partial charge >= 0.3 is 6.03 Å². The number of aromatic nitrogens is 2.